The Balaban J connectivity index is 1.34. The normalized spacial score (nSPS) is 11.8. The van der Waals surface area contributed by atoms with E-state index < -0.39 is 0 Å². The van der Waals surface area contributed by atoms with Crippen molar-refractivity contribution < 1.29 is 0 Å². The minimum Gasteiger partial charge on any atom is -0.310 e. The summed E-state index contributed by atoms with van der Waals surface area (Å²) in [5.74, 6) is 0. The lowest BCUT2D eigenvalue weighted by molar-refractivity contribution is 0.591. The predicted molar refractivity (Wildman–Crippen MR) is 268 cm³/mol. The summed E-state index contributed by atoms with van der Waals surface area (Å²) < 4.78 is 0. The van der Waals surface area contributed by atoms with Crippen LogP contribution in [0.15, 0.2) is 188 Å². The fourth-order valence-electron chi connectivity index (χ4n) is 9.48. The molecule has 0 radical (unpaired) electrons. The van der Waals surface area contributed by atoms with E-state index in [-0.39, 0.29) is 5.41 Å². The second-order valence-corrected chi connectivity index (χ2v) is 18.0. The average Bonchev–Trinajstić information content (AvgIpc) is 3.28. The Morgan fingerprint density at radius 3 is 1.18 bits per heavy atom. The van der Waals surface area contributed by atoms with E-state index in [9.17, 15) is 0 Å². The van der Waals surface area contributed by atoms with Gasteiger partial charge in [-0.05, 0) is 142 Å². The van der Waals surface area contributed by atoms with Crippen molar-refractivity contribution in [2.24, 2.45) is 0 Å². The van der Waals surface area contributed by atoms with Gasteiger partial charge in [0.15, 0.2) is 0 Å². The van der Waals surface area contributed by atoms with Gasteiger partial charge in [0.2, 0.25) is 0 Å². The zero-order valence-electron chi connectivity index (χ0n) is 36.8. The SMILES string of the molecule is Cc1ccccc1-c1ccc(C)c(N(c2ccccc2)c2cc(N(c3ccccc3)c3cc(-c4ccccc4C)ccc3C)c3ccc4cc(C(C)(C)C)cc5ccc2c3c54)c1. The summed E-state index contributed by atoms with van der Waals surface area (Å²) in [5.41, 5.74) is 17.9. The van der Waals surface area contributed by atoms with E-state index in [0.717, 1.165) is 34.1 Å². The van der Waals surface area contributed by atoms with Crippen molar-refractivity contribution in [2.75, 3.05) is 9.80 Å². The molecule has 10 rings (SSSR count). The zero-order chi connectivity index (χ0) is 42.7. The largest absolute Gasteiger partial charge is 0.310 e. The molecule has 0 aliphatic carbocycles. The van der Waals surface area contributed by atoms with Gasteiger partial charge >= 0.3 is 0 Å². The van der Waals surface area contributed by atoms with Crippen LogP contribution < -0.4 is 9.80 Å². The second-order valence-electron chi connectivity index (χ2n) is 18.0. The van der Waals surface area contributed by atoms with Crippen molar-refractivity contribution in [3.63, 3.8) is 0 Å². The molecule has 2 nitrogen and oxygen atoms in total. The molecule has 10 aromatic carbocycles. The molecule has 0 saturated carbocycles. The maximum absolute atomic E-state index is 2.51. The molecule has 0 saturated heterocycles. The number of rotatable bonds is 8. The molecular weight excluding hydrogens is 749 g/mol. The number of anilines is 6. The lowest BCUT2D eigenvalue weighted by Crippen LogP contribution is -2.16. The van der Waals surface area contributed by atoms with Gasteiger partial charge in [-0.2, -0.15) is 0 Å². The Labute approximate surface area is 366 Å². The average molecular weight is 801 g/mol. The first-order valence-electron chi connectivity index (χ1n) is 21.8. The highest BCUT2D eigenvalue weighted by Gasteiger charge is 2.27. The third-order valence-electron chi connectivity index (χ3n) is 12.9. The molecule has 0 spiro atoms. The van der Waals surface area contributed by atoms with Crippen LogP contribution >= 0.6 is 0 Å². The molecule has 0 N–H and O–H groups in total. The maximum Gasteiger partial charge on any atom is 0.0561 e. The topological polar surface area (TPSA) is 6.48 Å². The fraction of sp³-hybridized carbons (Fsp3) is 0.133. The van der Waals surface area contributed by atoms with E-state index in [0.29, 0.717) is 0 Å². The summed E-state index contributed by atoms with van der Waals surface area (Å²) in [5, 5.41) is 7.54. The van der Waals surface area contributed by atoms with Crippen LogP contribution in [0.4, 0.5) is 34.1 Å². The van der Waals surface area contributed by atoms with E-state index in [1.807, 2.05) is 0 Å². The Morgan fingerprint density at radius 2 is 0.758 bits per heavy atom. The quantitative estimate of drug-likeness (QED) is 0.141. The van der Waals surface area contributed by atoms with E-state index in [4.69, 9.17) is 0 Å². The monoisotopic (exact) mass is 800 g/mol. The molecule has 0 aromatic heterocycles. The van der Waals surface area contributed by atoms with Crippen molar-refractivity contribution in [2.45, 2.75) is 53.9 Å². The summed E-state index contributed by atoms with van der Waals surface area (Å²) in [4.78, 5) is 5.01. The summed E-state index contributed by atoms with van der Waals surface area (Å²) in [6.07, 6.45) is 0. The van der Waals surface area contributed by atoms with Crippen LogP contribution in [0.2, 0.25) is 0 Å². The van der Waals surface area contributed by atoms with Crippen LogP contribution in [0.3, 0.4) is 0 Å². The molecule has 0 aliphatic rings. The van der Waals surface area contributed by atoms with Crippen LogP contribution in [0.25, 0.3) is 54.6 Å². The molecule has 0 heterocycles. The molecule has 0 bridgehead atoms. The van der Waals surface area contributed by atoms with Gasteiger partial charge < -0.3 is 9.80 Å². The van der Waals surface area contributed by atoms with E-state index >= 15 is 0 Å². The van der Waals surface area contributed by atoms with Gasteiger partial charge in [-0.15, -0.1) is 0 Å². The molecule has 0 atom stereocenters. The van der Waals surface area contributed by atoms with Crippen LogP contribution in [0.5, 0.6) is 0 Å². The highest BCUT2D eigenvalue weighted by Crippen LogP contribution is 2.52. The summed E-state index contributed by atoms with van der Waals surface area (Å²) in [6, 6.07) is 69.9. The number of hydrogen-bond acceptors (Lipinski definition) is 2. The third kappa shape index (κ3) is 6.77. The van der Waals surface area contributed by atoms with Crippen LogP contribution in [-0.4, -0.2) is 0 Å². The standard InChI is InChI=1S/C60H52N2/c1-39-18-14-16-24-50(39)43-28-26-41(3)54(36-43)61(48-20-10-8-11-21-48)56-38-57(53-33-31-46-35-47(60(5,6)7)34-45-30-32-52(56)59(53)58(45)46)62(49-22-12-9-13-23-49)55-37-44(29-27-42(55)4)51-25-17-15-19-40(51)2/h8-38H,1-7H3. The van der Waals surface area contributed by atoms with Gasteiger partial charge in [0.05, 0.1) is 11.4 Å². The molecule has 0 amide bonds. The van der Waals surface area contributed by atoms with Gasteiger partial charge in [-0.3, -0.25) is 0 Å². The van der Waals surface area contributed by atoms with Crippen molar-refractivity contribution in [3.05, 3.63) is 216 Å². The van der Waals surface area contributed by atoms with Crippen molar-refractivity contribution in [3.8, 4) is 22.3 Å². The molecule has 0 aliphatic heterocycles. The van der Waals surface area contributed by atoms with Gasteiger partial charge in [0.1, 0.15) is 0 Å². The van der Waals surface area contributed by atoms with Crippen molar-refractivity contribution in [1.82, 2.24) is 0 Å². The first kappa shape index (κ1) is 39.0. The van der Waals surface area contributed by atoms with Gasteiger partial charge in [0.25, 0.3) is 0 Å². The summed E-state index contributed by atoms with van der Waals surface area (Å²) >= 11 is 0. The fourth-order valence-corrected chi connectivity index (χ4v) is 9.48. The lowest BCUT2D eigenvalue weighted by atomic mass is 9.83. The number of benzene rings is 10. The second kappa shape index (κ2) is 15.4. The third-order valence-corrected chi connectivity index (χ3v) is 12.9. The summed E-state index contributed by atoms with van der Waals surface area (Å²) in [7, 11) is 0. The number of aryl methyl sites for hydroxylation is 4. The van der Waals surface area contributed by atoms with E-state index in [1.165, 1.54) is 82.4 Å². The molecular formula is C60H52N2. The van der Waals surface area contributed by atoms with Gasteiger partial charge in [-0.25, -0.2) is 0 Å². The first-order chi connectivity index (χ1) is 30.0. The smallest absolute Gasteiger partial charge is 0.0561 e. The highest BCUT2D eigenvalue weighted by molar-refractivity contribution is 6.29. The van der Waals surface area contributed by atoms with Crippen molar-refractivity contribution in [1.29, 1.82) is 0 Å². The van der Waals surface area contributed by atoms with Gasteiger partial charge in [-0.1, -0.05) is 166 Å². The Bertz CT molecular complexity index is 3060. The predicted octanol–water partition coefficient (Wildman–Crippen LogP) is 17.4. The first-order valence-corrected chi connectivity index (χ1v) is 21.8. The lowest BCUT2D eigenvalue weighted by Gasteiger charge is -2.34. The van der Waals surface area contributed by atoms with Crippen LogP contribution in [-0.2, 0) is 5.41 Å². The van der Waals surface area contributed by atoms with E-state index in [1.54, 1.807) is 0 Å². The zero-order valence-corrected chi connectivity index (χ0v) is 36.8. The summed E-state index contributed by atoms with van der Waals surface area (Å²) in [6.45, 7) is 15.8. The molecule has 0 unspecified atom stereocenters. The van der Waals surface area contributed by atoms with Gasteiger partial charge in [0, 0.05) is 38.9 Å². The van der Waals surface area contributed by atoms with Crippen LogP contribution in [0.1, 0.15) is 48.6 Å². The highest BCUT2D eigenvalue weighted by atomic mass is 15.2. The number of nitrogens with zero attached hydrogens (tertiary/aromatic N) is 2. The number of para-hydroxylation sites is 2. The molecule has 2 heteroatoms. The maximum atomic E-state index is 2.51. The van der Waals surface area contributed by atoms with Crippen LogP contribution in [0, 0.1) is 27.7 Å². The molecule has 302 valence electrons. The van der Waals surface area contributed by atoms with E-state index in [2.05, 4.69) is 246 Å². The Morgan fingerprint density at radius 1 is 0.339 bits per heavy atom. The molecule has 0 fully saturated rings. The minimum absolute atomic E-state index is 0.00823. The van der Waals surface area contributed by atoms with Crippen molar-refractivity contribution >= 4 is 66.4 Å². The molecule has 62 heavy (non-hydrogen) atoms. The Hall–Kier alpha value is -7.16. The molecule has 10 aromatic rings. The minimum atomic E-state index is 0.00823. The Kier molecular flexibility index (Phi) is 9.68. The number of hydrogen-bond donors (Lipinski definition) is 0.